The molecule has 4 rings (SSSR count). The van der Waals surface area contributed by atoms with Gasteiger partial charge in [-0.25, -0.2) is 18.5 Å². The number of hydrogen-bond donors (Lipinski definition) is 2. The number of methoxy groups -OCH3 is 1. The van der Waals surface area contributed by atoms with Gasteiger partial charge in [-0.1, -0.05) is 24.3 Å². The number of rotatable bonds is 8. The molecule has 3 N–H and O–H groups in total. The van der Waals surface area contributed by atoms with Crippen LogP contribution in [0.3, 0.4) is 0 Å². The third-order valence-corrected chi connectivity index (χ3v) is 7.26. The SMILES string of the molecule is C=C(C)c1ccnc(-c2c(Cc3ccc(OC)cc3)c(C)cc(S(N)(=O)=O)c2Nc2ccc(C(F)(F)F)cn2)c1. The smallest absolute Gasteiger partial charge is 0.417 e. The lowest BCUT2D eigenvalue weighted by Gasteiger charge is -2.22. The number of primary sulfonamides is 1. The van der Waals surface area contributed by atoms with E-state index in [1.54, 1.807) is 32.4 Å². The third-order valence-electron chi connectivity index (χ3n) is 6.32. The highest BCUT2D eigenvalue weighted by Gasteiger charge is 2.31. The Labute approximate surface area is 230 Å². The zero-order chi connectivity index (χ0) is 29.2. The molecule has 4 aromatic rings. The average molecular weight is 569 g/mol. The lowest BCUT2D eigenvalue weighted by Crippen LogP contribution is -2.17. The Hall–Kier alpha value is -4.22. The largest absolute Gasteiger partial charge is 0.497 e. The lowest BCUT2D eigenvalue weighted by atomic mass is 9.91. The topological polar surface area (TPSA) is 107 Å². The van der Waals surface area contributed by atoms with Crippen LogP contribution in [-0.2, 0) is 22.6 Å². The van der Waals surface area contributed by atoms with E-state index >= 15 is 0 Å². The van der Waals surface area contributed by atoms with Gasteiger partial charge < -0.3 is 10.1 Å². The standard InChI is InChI=1S/C29H27F3N4O3S/c1-17(2)20-11-12-34-24(15-20)27-23(14-19-5-8-22(39-4)9-6-19)18(3)13-25(40(33,37)38)28(27)36-26-10-7-21(16-35-26)29(30,31)32/h5-13,15-16H,1,14H2,2-4H3,(H,35,36)(H2,33,37,38). The number of ether oxygens (including phenoxy) is 1. The Balaban J connectivity index is 1.99. The normalized spacial score (nSPS) is 11.8. The zero-order valence-corrected chi connectivity index (χ0v) is 22.8. The number of anilines is 2. The van der Waals surface area contributed by atoms with Crippen LogP contribution >= 0.6 is 0 Å². The van der Waals surface area contributed by atoms with Crippen LogP contribution in [0.25, 0.3) is 16.8 Å². The molecule has 40 heavy (non-hydrogen) atoms. The van der Waals surface area contributed by atoms with E-state index in [1.807, 2.05) is 31.2 Å². The lowest BCUT2D eigenvalue weighted by molar-refractivity contribution is -0.137. The Bertz CT molecular complexity index is 1670. The molecular weight excluding hydrogens is 541 g/mol. The molecule has 2 aromatic heterocycles. The van der Waals surface area contributed by atoms with Gasteiger partial charge in [0.2, 0.25) is 10.0 Å². The first-order valence-electron chi connectivity index (χ1n) is 12.0. The molecule has 0 atom stereocenters. The van der Waals surface area contributed by atoms with Crippen molar-refractivity contribution in [2.24, 2.45) is 5.14 Å². The Morgan fingerprint density at radius 3 is 2.33 bits per heavy atom. The summed E-state index contributed by atoms with van der Waals surface area (Å²) in [4.78, 5) is 8.17. The van der Waals surface area contributed by atoms with Gasteiger partial charge in [0.05, 0.1) is 24.1 Å². The summed E-state index contributed by atoms with van der Waals surface area (Å²) in [5, 5.41) is 8.56. The van der Waals surface area contributed by atoms with Gasteiger partial charge in [0, 0.05) is 18.0 Å². The molecule has 0 aliphatic rings. The summed E-state index contributed by atoms with van der Waals surface area (Å²) < 4.78 is 70.2. The average Bonchev–Trinajstić information content (AvgIpc) is 2.90. The first kappa shape index (κ1) is 28.8. The Kier molecular flexibility index (Phi) is 7.99. The summed E-state index contributed by atoms with van der Waals surface area (Å²) in [6.07, 6.45) is -1.95. The van der Waals surface area contributed by atoms with Crippen LogP contribution in [0.1, 0.15) is 34.7 Å². The van der Waals surface area contributed by atoms with Crippen molar-refractivity contribution in [2.45, 2.75) is 31.3 Å². The van der Waals surface area contributed by atoms with Gasteiger partial charge in [-0.3, -0.25) is 4.98 Å². The second kappa shape index (κ2) is 11.1. The first-order chi connectivity index (χ1) is 18.8. The van der Waals surface area contributed by atoms with Gasteiger partial charge in [-0.2, -0.15) is 13.2 Å². The molecule has 0 saturated carbocycles. The predicted octanol–water partition coefficient (Wildman–Crippen LogP) is 6.49. The van der Waals surface area contributed by atoms with E-state index in [1.165, 1.54) is 6.07 Å². The molecule has 2 aromatic carbocycles. The van der Waals surface area contributed by atoms with Crippen LogP contribution in [0.4, 0.5) is 24.7 Å². The van der Waals surface area contributed by atoms with E-state index in [4.69, 9.17) is 9.88 Å². The third kappa shape index (κ3) is 6.32. The number of sulfonamides is 1. The highest BCUT2D eigenvalue weighted by molar-refractivity contribution is 7.89. The van der Waals surface area contributed by atoms with Gasteiger partial charge in [0.25, 0.3) is 0 Å². The molecule has 0 spiro atoms. The van der Waals surface area contributed by atoms with Crippen LogP contribution < -0.4 is 15.2 Å². The van der Waals surface area contributed by atoms with Crippen LogP contribution in [0.15, 0.2) is 78.5 Å². The van der Waals surface area contributed by atoms with Crippen molar-refractivity contribution in [3.63, 3.8) is 0 Å². The number of allylic oxidation sites excluding steroid dienone is 1. The van der Waals surface area contributed by atoms with Crippen molar-refractivity contribution in [1.82, 2.24) is 9.97 Å². The van der Waals surface area contributed by atoms with E-state index < -0.39 is 21.8 Å². The van der Waals surface area contributed by atoms with Gasteiger partial charge >= 0.3 is 6.18 Å². The second-order valence-corrected chi connectivity index (χ2v) is 10.8. The highest BCUT2D eigenvalue weighted by atomic mass is 32.2. The number of benzene rings is 2. The number of aromatic nitrogens is 2. The quantitative estimate of drug-likeness (QED) is 0.252. The predicted molar refractivity (Wildman–Crippen MR) is 149 cm³/mol. The molecule has 0 aliphatic heterocycles. The van der Waals surface area contributed by atoms with Crippen LogP contribution in [0.5, 0.6) is 5.75 Å². The van der Waals surface area contributed by atoms with E-state index in [2.05, 4.69) is 21.9 Å². The molecule has 0 saturated heterocycles. The number of aryl methyl sites for hydroxylation is 1. The maximum atomic E-state index is 13.1. The fourth-order valence-electron chi connectivity index (χ4n) is 4.23. The molecular formula is C29H27F3N4O3S. The molecule has 7 nitrogen and oxygen atoms in total. The number of pyridine rings is 2. The molecule has 0 aliphatic carbocycles. The molecule has 208 valence electrons. The Morgan fingerprint density at radius 2 is 1.77 bits per heavy atom. The molecule has 2 heterocycles. The fraction of sp³-hybridized carbons (Fsp3) is 0.172. The summed E-state index contributed by atoms with van der Waals surface area (Å²) in [5.74, 6) is 0.672. The van der Waals surface area contributed by atoms with Crippen molar-refractivity contribution in [1.29, 1.82) is 0 Å². The number of nitrogens with zero attached hydrogens (tertiary/aromatic N) is 2. The summed E-state index contributed by atoms with van der Waals surface area (Å²) in [6, 6.07) is 14.4. The van der Waals surface area contributed by atoms with E-state index in [0.29, 0.717) is 35.2 Å². The minimum absolute atomic E-state index is 0.00513. The fourth-order valence-corrected chi connectivity index (χ4v) is 5.01. The van der Waals surface area contributed by atoms with E-state index in [9.17, 15) is 21.6 Å². The number of nitrogens with two attached hydrogens (primary N) is 1. The molecule has 0 bridgehead atoms. The summed E-state index contributed by atoms with van der Waals surface area (Å²) >= 11 is 0. The molecule has 0 radical (unpaired) electrons. The monoisotopic (exact) mass is 568 g/mol. The van der Waals surface area contributed by atoms with Gasteiger partial charge in [-0.05, 0) is 85.0 Å². The summed E-state index contributed by atoms with van der Waals surface area (Å²) in [6.45, 7) is 7.58. The van der Waals surface area contributed by atoms with Crippen LogP contribution in [0, 0.1) is 6.92 Å². The minimum atomic E-state index is -4.58. The van der Waals surface area contributed by atoms with Crippen molar-refractivity contribution < 1.29 is 26.3 Å². The van der Waals surface area contributed by atoms with Crippen LogP contribution in [-0.4, -0.2) is 25.5 Å². The molecule has 11 heteroatoms. The maximum absolute atomic E-state index is 13.1. The summed E-state index contributed by atoms with van der Waals surface area (Å²) in [7, 11) is -2.73. The number of nitrogens with one attached hydrogen (secondary N) is 1. The molecule has 0 fully saturated rings. The van der Waals surface area contributed by atoms with E-state index in [-0.39, 0.29) is 16.4 Å². The van der Waals surface area contributed by atoms with E-state index in [0.717, 1.165) is 34.4 Å². The Morgan fingerprint density at radius 1 is 1.07 bits per heavy atom. The molecule has 0 amide bonds. The maximum Gasteiger partial charge on any atom is 0.417 e. The first-order valence-corrected chi connectivity index (χ1v) is 13.6. The highest BCUT2D eigenvalue weighted by Crippen LogP contribution is 2.41. The van der Waals surface area contributed by atoms with Crippen molar-refractivity contribution in [3.05, 3.63) is 101 Å². The molecule has 0 unspecified atom stereocenters. The van der Waals surface area contributed by atoms with Crippen molar-refractivity contribution >= 4 is 27.1 Å². The second-order valence-electron chi connectivity index (χ2n) is 9.25. The van der Waals surface area contributed by atoms with Gasteiger partial charge in [0.15, 0.2) is 0 Å². The van der Waals surface area contributed by atoms with Gasteiger partial charge in [0.1, 0.15) is 16.5 Å². The summed E-state index contributed by atoms with van der Waals surface area (Å²) in [5.41, 5.74) is 3.76. The number of alkyl halides is 3. The minimum Gasteiger partial charge on any atom is -0.497 e. The van der Waals surface area contributed by atoms with Crippen molar-refractivity contribution in [2.75, 3.05) is 12.4 Å². The number of halogens is 3. The van der Waals surface area contributed by atoms with Gasteiger partial charge in [-0.15, -0.1) is 0 Å². The van der Waals surface area contributed by atoms with Crippen LogP contribution in [0.2, 0.25) is 0 Å². The van der Waals surface area contributed by atoms with Crippen molar-refractivity contribution in [3.8, 4) is 17.0 Å². The number of hydrogen-bond acceptors (Lipinski definition) is 6. The zero-order valence-electron chi connectivity index (χ0n) is 22.0.